The monoisotopic (exact) mass is 388 g/mol. The molecule has 2 aromatic rings. The van der Waals surface area contributed by atoms with E-state index in [2.05, 4.69) is 57.7 Å². The van der Waals surface area contributed by atoms with Gasteiger partial charge in [-0.25, -0.2) is 15.8 Å². The smallest absolute Gasteiger partial charge is 0.270 e. The zero-order valence-corrected chi connectivity index (χ0v) is 16.2. The van der Waals surface area contributed by atoms with Gasteiger partial charge < -0.3 is 16.4 Å². The number of hydrazine groups is 1. The molecule has 2 unspecified atom stereocenters. The van der Waals surface area contributed by atoms with E-state index in [9.17, 15) is 9.59 Å². The van der Waals surface area contributed by atoms with Crippen LogP contribution in [0.4, 0.5) is 10.1 Å². The summed E-state index contributed by atoms with van der Waals surface area (Å²) in [4.78, 5) is 28.4. The topological polar surface area (TPSA) is 121 Å². The number of carbonyl (C=O) groups is 2. The van der Waals surface area contributed by atoms with Crippen LogP contribution in [0.25, 0.3) is 0 Å². The number of rotatable bonds is 7. The van der Waals surface area contributed by atoms with E-state index in [1.807, 2.05) is 6.92 Å². The Balaban J connectivity index is 1.66. The number of amides is 2. The number of aromatic nitrogens is 1. The van der Waals surface area contributed by atoms with Gasteiger partial charge in [0, 0.05) is 12.6 Å². The summed E-state index contributed by atoms with van der Waals surface area (Å²) in [6.07, 6.45) is 1.59. The number of anilines is 2. The Morgan fingerprint density at radius 3 is 2.63 bits per heavy atom. The predicted octanol–water partition coefficient (Wildman–Crippen LogP) is 1.78. The first kappa shape index (κ1) is 19.3. The lowest BCUT2D eigenvalue weighted by Crippen LogP contribution is -2.39. The number of carbonyl (C=O) groups excluding carboxylic acids is 2. The predicted molar refractivity (Wildman–Crippen MR) is 107 cm³/mol. The van der Waals surface area contributed by atoms with E-state index in [-0.39, 0.29) is 17.6 Å². The minimum absolute atomic E-state index is 0.0426. The number of hydrogen-bond acceptors (Lipinski definition) is 7. The molecule has 9 heteroatoms. The quantitative estimate of drug-likeness (QED) is 0.493. The van der Waals surface area contributed by atoms with Crippen LogP contribution in [0.5, 0.6) is 0 Å². The third-order valence-corrected chi connectivity index (χ3v) is 5.36. The van der Waals surface area contributed by atoms with Crippen LogP contribution in [0, 0.1) is 0 Å². The fraction of sp³-hybridized carbons (Fsp3) is 0.389. The second-order valence-corrected chi connectivity index (χ2v) is 7.30. The highest BCUT2D eigenvalue weighted by molar-refractivity contribution is 7.20. The third kappa shape index (κ3) is 4.44. The molecular weight excluding hydrogens is 364 g/mol. The van der Waals surface area contributed by atoms with Gasteiger partial charge in [0.2, 0.25) is 5.91 Å². The first-order valence-corrected chi connectivity index (χ1v) is 9.78. The molecule has 0 radical (unpaired) electrons. The number of primary amides is 1. The molecule has 0 aliphatic carbocycles. The number of hydrogen-bond donors (Lipinski definition) is 5. The van der Waals surface area contributed by atoms with Crippen molar-refractivity contribution in [3.05, 3.63) is 41.1 Å². The number of thiazole rings is 1. The molecule has 1 aliphatic heterocycles. The van der Waals surface area contributed by atoms with Crippen molar-refractivity contribution in [1.82, 2.24) is 15.8 Å². The molecule has 2 atom stereocenters. The van der Waals surface area contributed by atoms with Crippen molar-refractivity contribution < 1.29 is 9.59 Å². The highest BCUT2D eigenvalue weighted by Gasteiger charge is 2.31. The number of aryl methyl sites for hydroxylation is 1. The molecule has 1 aromatic carbocycles. The summed E-state index contributed by atoms with van der Waals surface area (Å²) in [5.41, 5.74) is 14.0. The van der Waals surface area contributed by atoms with Gasteiger partial charge in [0.05, 0.1) is 0 Å². The van der Waals surface area contributed by atoms with Gasteiger partial charge in [-0.1, -0.05) is 42.5 Å². The number of nitrogens with one attached hydrogen (secondary N) is 4. The van der Waals surface area contributed by atoms with Gasteiger partial charge in [-0.15, -0.1) is 0 Å². The summed E-state index contributed by atoms with van der Waals surface area (Å²) >= 11 is 1.20. The molecule has 8 nitrogen and oxygen atoms in total. The van der Waals surface area contributed by atoms with Crippen LogP contribution in [0.15, 0.2) is 24.3 Å². The maximum absolute atomic E-state index is 12.6. The molecule has 2 amide bonds. The zero-order valence-electron chi connectivity index (χ0n) is 15.3. The zero-order chi connectivity index (χ0) is 19.4. The number of nitrogens with two attached hydrogens (primary N) is 1. The van der Waals surface area contributed by atoms with Gasteiger partial charge in [-0.3, -0.25) is 9.59 Å². The van der Waals surface area contributed by atoms with Crippen LogP contribution in [0.1, 0.15) is 47.9 Å². The van der Waals surface area contributed by atoms with Crippen molar-refractivity contribution >= 4 is 33.3 Å². The van der Waals surface area contributed by atoms with Crippen molar-refractivity contribution in [3.63, 3.8) is 0 Å². The van der Waals surface area contributed by atoms with Crippen molar-refractivity contribution in [2.45, 2.75) is 38.8 Å². The van der Waals surface area contributed by atoms with Crippen LogP contribution >= 0.6 is 11.3 Å². The van der Waals surface area contributed by atoms with Crippen molar-refractivity contribution in [1.29, 1.82) is 0 Å². The maximum Gasteiger partial charge on any atom is 0.270 e. The van der Waals surface area contributed by atoms with Gasteiger partial charge in [0.15, 0.2) is 10.8 Å². The summed E-state index contributed by atoms with van der Waals surface area (Å²) in [5, 5.41) is 6.71. The molecule has 0 bridgehead atoms. The lowest BCUT2D eigenvalue weighted by Gasteiger charge is -2.10. The molecule has 6 N–H and O–H groups in total. The Morgan fingerprint density at radius 1 is 1.26 bits per heavy atom. The van der Waals surface area contributed by atoms with Gasteiger partial charge >= 0.3 is 0 Å². The van der Waals surface area contributed by atoms with E-state index in [4.69, 9.17) is 5.73 Å². The van der Waals surface area contributed by atoms with Crippen molar-refractivity contribution in [2.24, 2.45) is 5.73 Å². The van der Waals surface area contributed by atoms with Gasteiger partial charge in [0.1, 0.15) is 11.0 Å². The van der Waals surface area contributed by atoms with E-state index in [1.165, 1.54) is 16.9 Å². The molecule has 0 spiro atoms. The molecule has 1 fully saturated rings. The number of nitrogens with zero attached hydrogens (tertiary/aromatic N) is 1. The first-order valence-electron chi connectivity index (χ1n) is 8.97. The van der Waals surface area contributed by atoms with Crippen LogP contribution < -0.4 is 27.2 Å². The van der Waals surface area contributed by atoms with Gasteiger partial charge in [0.25, 0.3) is 5.91 Å². The second-order valence-electron chi connectivity index (χ2n) is 6.31. The summed E-state index contributed by atoms with van der Waals surface area (Å²) in [5.74, 6) is -0.901. The Hall–Kier alpha value is -2.49. The van der Waals surface area contributed by atoms with Crippen molar-refractivity contribution in [3.8, 4) is 0 Å². The van der Waals surface area contributed by atoms with Gasteiger partial charge in [-0.05, 0) is 30.9 Å². The fourth-order valence-electron chi connectivity index (χ4n) is 2.93. The Morgan fingerprint density at radius 2 is 2.00 bits per heavy atom. The Labute approximate surface area is 161 Å². The standard InChI is InChI=1S/C18H24N6O2S/c1-3-10-5-7-11(8-6-10)12-9-13(24-23-12)16(26)22-17-14(15(19)25)21-18(27-17)20-4-2/h5-8,12-13,23-24H,3-4,9H2,1-2H3,(H2,19,25)(H,20,21)(H,22,26). The maximum atomic E-state index is 12.6. The Bertz CT molecular complexity index is 820. The summed E-state index contributed by atoms with van der Waals surface area (Å²) in [6, 6.07) is 7.98. The van der Waals surface area contributed by atoms with E-state index in [0.29, 0.717) is 23.1 Å². The third-order valence-electron chi connectivity index (χ3n) is 4.44. The molecule has 1 aliphatic rings. The van der Waals surface area contributed by atoms with Gasteiger partial charge in [-0.2, -0.15) is 0 Å². The van der Waals surface area contributed by atoms with Crippen molar-refractivity contribution in [2.75, 3.05) is 17.2 Å². The highest BCUT2D eigenvalue weighted by Crippen LogP contribution is 2.29. The van der Waals surface area contributed by atoms with E-state index >= 15 is 0 Å². The largest absolute Gasteiger partial charge is 0.364 e. The first-order chi connectivity index (χ1) is 13.0. The summed E-state index contributed by atoms with van der Waals surface area (Å²) in [6.45, 7) is 4.70. The molecule has 1 aromatic heterocycles. The lowest BCUT2D eigenvalue weighted by molar-refractivity contribution is -0.117. The second kappa shape index (κ2) is 8.47. The molecular formula is C18H24N6O2S. The fourth-order valence-corrected chi connectivity index (χ4v) is 3.87. The molecule has 27 heavy (non-hydrogen) atoms. The van der Waals surface area contributed by atoms with E-state index in [1.54, 1.807) is 0 Å². The molecule has 144 valence electrons. The lowest BCUT2D eigenvalue weighted by atomic mass is 10.00. The number of benzene rings is 1. The highest BCUT2D eigenvalue weighted by atomic mass is 32.1. The summed E-state index contributed by atoms with van der Waals surface area (Å²) in [7, 11) is 0. The SMILES string of the molecule is CCNc1nc(C(N)=O)c(NC(=O)C2CC(c3ccc(CC)cc3)NN2)s1. The molecule has 0 saturated carbocycles. The normalized spacial score (nSPS) is 19.0. The summed E-state index contributed by atoms with van der Waals surface area (Å²) < 4.78 is 0. The minimum Gasteiger partial charge on any atom is -0.364 e. The molecule has 1 saturated heterocycles. The van der Waals surface area contributed by atoms with Crippen LogP contribution in [0.3, 0.4) is 0 Å². The minimum atomic E-state index is -0.669. The molecule has 3 rings (SSSR count). The average Bonchev–Trinajstić information content (AvgIpc) is 3.30. The Kier molecular flexibility index (Phi) is 6.04. The van der Waals surface area contributed by atoms with E-state index in [0.717, 1.165) is 12.0 Å². The van der Waals surface area contributed by atoms with E-state index < -0.39 is 11.9 Å². The van der Waals surface area contributed by atoms with Crippen LogP contribution in [-0.2, 0) is 11.2 Å². The van der Waals surface area contributed by atoms with Crippen LogP contribution in [-0.4, -0.2) is 29.4 Å². The van der Waals surface area contributed by atoms with Crippen LogP contribution in [0.2, 0.25) is 0 Å². The molecule has 2 heterocycles. The average molecular weight is 388 g/mol.